The molecule has 1 aromatic carbocycles. The standard InChI is InChI=1S/C17H23NO3S/c1-21-10-11-22(20)13-14-6-5-9-16(12-14)18-17(19)15-7-3-2-4-8-15/h2-3,5-6,9,12,15H,4,7-8,10-11,13H2,1H3,(H,18,19)/t15-,22+/m1/s1. The third-order valence-electron chi connectivity index (χ3n) is 3.68. The molecule has 0 aliphatic heterocycles. The first-order valence-electron chi connectivity index (χ1n) is 7.57. The summed E-state index contributed by atoms with van der Waals surface area (Å²) in [6.45, 7) is 0.498. The van der Waals surface area contributed by atoms with E-state index in [4.69, 9.17) is 4.74 Å². The quantitative estimate of drug-likeness (QED) is 0.786. The molecular weight excluding hydrogens is 298 g/mol. The third kappa shape index (κ3) is 5.39. The van der Waals surface area contributed by atoms with Crippen LogP contribution in [0.1, 0.15) is 24.8 Å². The Morgan fingerprint density at radius 1 is 1.41 bits per heavy atom. The fourth-order valence-corrected chi connectivity index (χ4v) is 3.50. The number of methoxy groups -OCH3 is 1. The van der Waals surface area contributed by atoms with Crippen LogP contribution < -0.4 is 5.32 Å². The molecule has 22 heavy (non-hydrogen) atoms. The van der Waals surface area contributed by atoms with Crippen LogP contribution in [0, 0.1) is 5.92 Å². The highest BCUT2D eigenvalue weighted by Gasteiger charge is 2.18. The summed E-state index contributed by atoms with van der Waals surface area (Å²) in [5.41, 5.74) is 1.75. The third-order valence-corrected chi connectivity index (χ3v) is 4.95. The molecule has 1 aliphatic carbocycles. The van der Waals surface area contributed by atoms with Gasteiger partial charge in [-0.15, -0.1) is 0 Å². The van der Waals surface area contributed by atoms with Crippen molar-refractivity contribution in [2.45, 2.75) is 25.0 Å². The summed E-state index contributed by atoms with van der Waals surface area (Å²) < 4.78 is 16.8. The number of carbonyl (C=O) groups excluding carboxylic acids is 1. The van der Waals surface area contributed by atoms with Crippen molar-refractivity contribution >= 4 is 22.4 Å². The Labute approximate surface area is 134 Å². The lowest BCUT2D eigenvalue weighted by atomic mass is 9.93. The second-order valence-corrected chi connectivity index (χ2v) is 7.03. The van der Waals surface area contributed by atoms with Crippen LogP contribution in [0.5, 0.6) is 0 Å². The van der Waals surface area contributed by atoms with Gasteiger partial charge in [-0.25, -0.2) is 0 Å². The normalized spacial score (nSPS) is 18.9. The predicted molar refractivity (Wildman–Crippen MR) is 90.1 cm³/mol. The maximum atomic E-state index is 12.2. The van der Waals surface area contributed by atoms with E-state index in [9.17, 15) is 9.00 Å². The summed E-state index contributed by atoms with van der Waals surface area (Å²) in [6, 6.07) is 7.60. The summed E-state index contributed by atoms with van der Waals surface area (Å²) in [5.74, 6) is 1.15. The smallest absolute Gasteiger partial charge is 0.227 e. The molecule has 4 nitrogen and oxygen atoms in total. The van der Waals surface area contributed by atoms with Crippen molar-refractivity contribution in [3.05, 3.63) is 42.0 Å². The van der Waals surface area contributed by atoms with Crippen molar-refractivity contribution in [2.75, 3.05) is 24.8 Å². The Hall–Kier alpha value is -1.46. The molecular formula is C17H23NO3S. The van der Waals surface area contributed by atoms with Crippen molar-refractivity contribution in [1.82, 2.24) is 0 Å². The molecule has 1 aromatic rings. The first-order valence-corrected chi connectivity index (χ1v) is 9.06. The summed E-state index contributed by atoms with van der Waals surface area (Å²) in [7, 11) is 0.662. The summed E-state index contributed by atoms with van der Waals surface area (Å²) in [4.78, 5) is 12.2. The van der Waals surface area contributed by atoms with E-state index in [0.717, 1.165) is 30.5 Å². The molecule has 1 N–H and O–H groups in total. The Kier molecular flexibility index (Phi) is 6.80. The number of allylic oxidation sites excluding steroid dienone is 2. The minimum atomic E-state index is -0.943. The maximum absolute atomic E-state index is 12.2. The van der Waals surface area contributed by atoms with E-state index < -0.39 is 10.8 Å². The topological polar surface area (TPSA) is 55.4 Å². The molecule has 0 heterocycles. The molecule has 1 amide bonds. The van der Waals surface area contributed by atoms with Gasteiger partial charge in [-0.3, -0.25) is 9.00 Å². The van der Waals surface area contributed by atoms with Crippen molar-refractivity contribution < 1.29 is 13.7 Å². The van der Waals surface area contributed by atoms with E-state index in [-0.39, 0.29) is 11.8 Å². The van der Waals surface area contributed by atoms with Gasteiger partial charge in [-0.05, 0) is 37.0 Å². The average molecular weight is 321 g/mol. The maximum Gasteiger partial charge on any atom is 0.227 e. The van der Waals surface area contributed by atoms with Gasteiger partial charge < -0.3 is 10.1 Å². The second-order valence-electron chi connectivity index (χ2n) is 5.45. The highest BCUT2D eigenvalue weighted by atomic mass is 32.2. The minimum absolute atomic E-state index is 0.0597. The second kappa shape index (κ2) is 8.86. The Balaban J connectivity index is 1.91. The molecule has 0 aromatic heterocycles. The van der Waals surface area contributed by atoms with Crippen LogP contribution in [0.15, 0.2) is 36.4 Å². The number of anilines is 1. The summed E-state index contributed by atoms with van der Waals surface area (Å²) in [6.07, 6.45) is 6.88. The molecule has 2 rings (SSSR count). The molecule has 0 unspecified atom stereocenters. The lowest BCUT2D eigenvalue weighted by Gasteiger charge is -2.17. The van der Waals surface area contributed by atoms with Crippen molar-refractivity contribution in [3.8, 4) is 0 Å². The zero-order chi connectivity index (χ0) is 15.8. The van der Waals surface area contributed by atoms with Gasteiger partial charge in [-0.2, -0.15) is 0 Å². The van der Waals surface area contributed by atoms with Gasteiger partial charge in [0.15, 0.2) is 0 Å². The molecule has 0 radical (unpaired) electrons. The Bertz CT molecular complexity index is 557. The van der Waals surface area contributed by atoms with E-state index in [1.165, 1.54) is 0 Å². The molecule has 120 valence electrons. The zero-order valence-electron chi connectivity index (χ0n) is 12.9. The Morgan fingerprint density at radius 2 is 2.27 bits per heavy atom. The molecule has 0 saturated carbocycles. The largest absolute Gasteiger partial charge is 0.384 e. The van der Waals surface area contributed by atoms with Crippen molar-refractivity contribution in [3.63, 3.8) is 0 Å². The fraction of sp³-hybridized carbons (Fsp3) is 0.471. The SMILES string of the molecule is COCC[S@](=O)Cc1cccc(NC(=O)[C@@H]2CC=CCC2)c1. The lowest BCUT2D eigenvalue weighted by Crippen LogP contribution is -2.23. The van der Waals surface area contributed by atoms with E-state index in [1.807, 2.05) is 24.3 Å². The first kappa shape index (κ1) is 16.9. The van der Waals surface area contributed by atoms with Crippen molar-refractivity contribution in [2.24, 2.45) is 5.92 Å². The minimum Gasteiger partial charge on any atom is -0.384 e. The van der Waals surface area contributed by atoms with Gasteiger partial charge in [0.2, 0.25) is 5.91 Å². The van der Waals surface area contributed by atoms with Crippen molar-refractivity contribution in [1.29, 1.82) is 0 Å². The van der Waals surface area contributed by atoms with Gasteiger partial charge in [0.05, 0.1) is 6.61 Å². The van der Waals surface area contributed by atoms with Gasteiger partial charge in [0.1, 0.15) is 0 Å². The van der Waals surface area contributed by atoms with Gasteiger partial charge in [0.25, 0.3) is 0 Å². The van der Waals surface area contributed by atoms with E-state index >= 15 is 0 Å². The molecule has 0 bridgehead atoms. The number of amides is 1. The van der Waals surface area contributed by atoms with Gasteiger partial charge in [0, 0.05) is 41.0 Å². The zero-order valence-corrected chi connectivity index (χ0v) is 13.7. The van der Waals surface area contributed by atoms with Crippen LogP contribution in [-0.2, 0) is 26.1 Å². The molecule has 0 spiro atoms. The van der Waals surface area contributed by atoms with Crippen LogP contribution >= 0.6 is 0 Å². The average Bonchev–Trinajstić information content (AvgIpc) is 2.54. The number of hydrogen-bond donors (Lipinski definition) is 1. The number of rotatable bonds is 7. The van der Waals surface area contributed by atoms with Gasteiger partial charge in [-0.1, -0.05) is 24.3 Å². The molecule has 5 heteroatoms. The Morgan fingerprint density at radius 3 is 3.00 bits per heavy atom. The van der Waals surface area contributed by atoms with E-state index in [0.29, 0.717) is 18.1 Å². The first-order chi connectivity index (χ1) is 10.7. The lowest BCUT2D eigenvalue weighted by molar-refractivity contribution is -0.120. The van der Waals surface area contributed by atoms with Crippen LogP contribution in [0.3, 0.4) is 0 Å². The summed E-state index contributed by atoms with van der Waals surface area (Å²) >= 11 is 0. The number of nitrogens with one attached hydrogen (secondary N) is 1. The predicted octanol–water partition coefficient (Wildman–Crippen LogP) is 2.88. The number of benzene rings is 1. The molecule has 0 saturated heterocycles. The van der Waals surface area contributed by atoms with Crippen LogP contribution in [0.2, 0.25) is 0 Å². The highest BCUT2D eigenvalue weighted by molar-refractivity contribution is 7.84. The number of ether oxygens (including phenoxy) is 1. The molecule has 0 fully saturated rings. The van der Waals surface area contributed by atoms with Crippen LogP contribution in [0.25, 0.3) is 0 Å². The van der Waals surface area contributed by atoms with E-state index in [2.05, 4.69) is 17.5 Å². The monoisotopic (exact) mass is 321 g/mol. The van der Waals surface area contributed by atoms with Crippen LogP contribution in [0.4, 0.5) is 5.69 Å². The van der Waals surface area contributed by atoms with E-state index in [1.54, 1.807) is 7.11 Å². The summed E-state index contributed by atoms with van der Waals surface area (Å²) in [5, 5.41) is 2.97. The highest BCUT2D eigenvalue weighted by Crippen LogP contribution is 2.21. The molecule has 2 atom stereocenters. The van der Waals surface area contributed by atoms with Crippen LogP contribution in [-0.4, -0.2) is 29.6 Å². The number of hydrogen-bond acceptors (Lipinski definition) is 3. The molecule has 1 aliphatic rings. The fourth-order valence-electron chi connectivity index (χ4n) is 2.45. The number of carbonyl (C=O) groups is 1. The van der Waals surface area contributed by atoms with Gasteiger partial charge >= 0.3 is 0 Å².